The average molecular weight is 255 g/mol. The SMILES string of the molecule is C=CCS(=O)(=O)Nc1ccc(C)cc1C(=O)O. The molecule has 0 heterocycles. The van der Waals surface area contributed by atoms with Crippen LogP contribution in [-0.4, -0.2) is 25.2 Å². The van der Waals surface area contributed by atoms with Crippen molar-refractivity contribution in [1.82, 2.24) is 0 Å². The molecule has 17 heavy (non-hydrogen) atoms. The van der Waals surface area contributed by atoms with Crippen LogP contribution in [0.5, 0.6) is 0 Å². The third kappa shape index (κ3) is 3.60. The van der Waals surface area contributed by atoms with E-state index in [1.165, 1.54) is 18.2 Å². The number of carboxylic acids is 1. The summed E-state index contributed by atoms with van der Waals surface area (Å²) in [6.07, 6.45) is 1.23. The summed E-state index contributed by atoms with van der Waals surface area (Å²) in [7, 11) is -3.58. The Morgan fingerprint density at radius 3 is 2.71 bits per heavy atom. The third-order valence-corrected chi connectivity index (χ3v) is 3.21. The zero-order valence-electron chi connectivity index (χ0n) is 9.30. The largest absolute Gasteiger partial charge is 0.478 e. The molecule has 0 aliphatic carbocycles. The average Bonchev–Trinajstić information content (AvgIpc) is 2.20. The van der Waals surface area contributed by atoms with E-state index in [1.807, 2.05) is 0 Å². The normalized spacial score (nSPS) is 10.9. The van der Waals surface area contributed by atoms with Gasteiger partial charge in [0.1, 0.15) is 0 Å². The Balaban J connectivity index is 3.15. The molecule has 1 rings (SSSR count). The van der Waals surface area contributed by atoms with Gasteiger partial charge in [-0.2, -0.15) is 0 Å². The summed E-state index contributed by atoms with van der Waals surface area (Å²) in [5.41, 5.74) is 0.733. The van der Waals surface area contributed by atoms with Gasteiger partial charge < -0.3 is 5.11 Å². The third-order valence-electron chi connectivity index (χ3n) is 2.01. The second kappa shape index (κ2) is 5.01. The summed E-state index contributed by atoms with van der Waals surface area (Å²) >= 11 is 0. The van der Waals surface area contributed by atoms with Gasteiger partial charge in [-0.3, -0.25) is 4.72 Å². The maximum atomic E-state index is 11.5. The lowest BCUT2D eigenvalue weighted by molar-refractivity contribution is 0.0698. The second-order valence-electron chi connectivity index (χ2n) is 3.53. The summed E-state index contributed by atoms with van der Waals surface area (Å²) in [6, 6.07) is 4.48. The van der Waals surface area contributed by atoms with E-state index >= 15 is 0 Å². The Bertz CT molecular complexity index is 549. The van der Waals surface area contributed by atoms with Gasteiger partial charge in [-0.15, -0.1) is 6.58 Å². The van der Waals surface area contributed by atoms with Crippen molar-refractivity contribution in [2.45, 2.75) is 6.92 Å². The number of carbonyl (C=O) groups is 1. The van der Waals surface area contributed by atoms with Crippen molar-refractivity contribution in [3.8, 4) is 0 Å². The van der Waals surface area contributed by atoms with Gasteiger partial charge in [-0.1, -0.05) is 17.7 Å². The first-order valence-corrected chi connectivity index (χ1v) is 6.46. The van der Waals surface area contributed by atoms with E-state index in [1.54, 1.807) is 13.0 Å². The topological polar surface area (TPSA) is 83.5 Å². The van der Waals surface area contributed by atoms with Crippen molar-refractivity contribution in [1.29, 1.82) is 0 Å². The molecule has 5 nitrogen and oxygen atoms in total. The molecule has 0 fully saturated rings. The van der Waals surface area contributed by atoms with E-state index in [0.717, 1.165) is 5.56 Å². The molecule has 0 bridgehead atoms. The van der Waals surface area contributed by atoms with Gasteiger partial charge in [0.05, 0.1) is 17.0 Å². The number of sulfonamides is 1. The number of anilines is 1. The molecule has 2 N–H and O–H groups in total. The molecular weight excluding hydrogens is 242 g/mol. The maximum absolute atomic E-state index is 11.5. The molecule has 92 valence electrons. The van der Waals surface area contributed by atoms with E-state index in [0.29, 0.717) is 0 Å². The van der Waals surface area contributed by atoms with Crippen LogP contribution in [0, 0.1) is 6.92 Å². The summed E-state index contributed by atoms with van der Waals surface area (Å²) in [6.45, 7) is 5.05. The summed E-state index contributed by atoms with van der Waals surface area (Å²) < 4.78 is 25.2. The van der Waals surface area contributed by atoms with Crippen LogP contribution in [0.3, 0.4) is 0 Å². The van der Waals surface area contributed by atoms with Gasteiger partial charge in [0.25, 0.3) is 0 Å². The van der Waals surface area contributed by atoms with E-state index in [-0.39, 0.29) is 17.0 Å². The monoisotopic (exact) mass is 255 g/mol. The number of aryl methyl sites for hydroxylation is 1. The molecule has 0 aliphatic heterocycles. The molecule has 0 unspecified atom stereocenters. The Morgan fingerprint density at radius 2 is 2.18 bits per heavy atom. The molecule has 0 spiro atoms. The van der Waals surface area contributed by atoms with Crippen LogP contribution in [-0.2, 0) is 10.0 Å². The van der Waals surface area contributed by atoms with Crippen LogP contribution >= 0.6 is 0 Å². The maximum Gasteiger partial charge on any atom is 0.337 e. The van der Waals surface area contributed by atoms with E-state index in [9.17, 15) is 13.2 Å². The smallest absolute Gasteiger partial charge is 0.337 e. The minimum Gasteiger partial charge on any atom is -0.478 e. The van der Waals surface area contributed by atoms with E-state index in [4.69, 9.17) is 5.11 Å². The highest BCUT2D eigenvalue weighted by atomic mass is 32.2. The van der Waals surface area contributed by atoms with Gasteiger partial charge in [-0.25, -0.2) is 13.2 Å². The van der Waals surface area contributed by atoms with Crippen LogP contribution < -0.4 is 4.72 Å². The first-order valence-electron chi connectivity index (χ1n) is 4.81. The minimum atomic E-state index is -3.58. The van der Waals surface area contributed by atoms with Crippen molar-refractivity contribution in [3.63, 3.8) is 0 Å². The zero-order chi connectivity index (χ0) is 13.1. The van der Waals surface area contributed by atoms with Crippen molar-refractivity contribution in [2.24, 2.45) is 0 Å². The van der Waals surface area contributed by atoms with Gasteiger partial charge in [0, 0.05) is 0 Å². The van der Waals surface area contributed by atoms with Gasteiger partial charge >= 0.3 is 5.97 Å². The van der Waals surface area contributed by atoms with Crippen molar-refractivity contribution < 1.29 is 18.3 Å². The van der Waals surface area contributed by atoms with Crippen LogP contribution in [0.25, 0.3) is 0 Å². The van der Waals surface area contributed by atoms with Crippen LogP contribution in [0.15, 0.2) is 30.9 Å². The van der Waals surface area contributed by atoms with Gasteiger partial charge in [0.2, 0.25) is 10.0 Å². The fraction of sp³-hybridized carbons (Fsp3) is 0.182. The van der Waals surface area contributed by atoms with Crippen LogP contribution in [0.2, 0.25) is 0 Å². The molecule has 0 aliphatic rings. The van der Waals surface area contributed by atoms with Crippen molar-refractivity contribution in [2.75, 3.05) is 10.5 Å². The highest BCUT2D eigenvalue weighted by Crippen LogP contribution is 2.18. The molecule has 0 aromatic heterocycles. The van der Waals surface area contributed by atoms with Gasteiger partial charge in [0.15, 0.2) is 0 Å². The molecule has 0 saturated carbocycles. The number of aromatic carboxylic acids is 1. The van der Waals surface area contributed by atoms with Crippen LogP contribution in [0.1, 0.15) is 15.9 Å². The molecule has 0 saturated heterocycles. The van der Waals surface area contributed by atoms with Crippen LogP contribution in [0.4, 0.5) is 5.69 Å². The number of hydrogen-bond donors (Lipinski definition) is 2. The number of hydrogen-bond acceptors (Lipinski definition) is 3. The zero-order valence-corrected chi connectivity index (χ0v) is 10.1. The predicted octanol–water partition coefficient (Wildman–Crippen LogP) is 1.62. The first-order chi connectivity index (χ1) is 7.85. The minimum absolute atomic E-state index is 0.0601. The Hall–Kier alpha value is -1.82. The molecule has 1 aromatic carbocycles. The quantitative estimate of drug-likeness (QED) is 0.783. The number of nitrogens with one attached hydrogen (secondary N) is 1. The molecular formula is C11H13NO4S. The fourth-order valence-electron chi connectivity index (χ4n) is 1.29. The van der Waals surface area contributed by atoms with Crippen molar-refractivity contribution >= 4 is 21.7 Å². The molecule has 0 atom stereocenters. The second-order valence-corrected chi connectivity index (χ2v) is 5.29. The lowest BCUT2D eigenvalue weighted by Gasteiger charge is -2.09. The molecule has 0 radical (unpaired) electrons. The number of benzene rings is 1. The Labute approximate surface area is 99.8 Å². The van der Waals surface area contributed by atoms with Gasteiger partial charge in [-0.05, 0) is 19.1 Å². The predicted molar refractivity (Wildman–Crippen MR) is 65.7 cm³/mol. The Kier molecular flexibility index (Phi) is 3.90. The summed E-state index contributed by atoms with van der Waals surface area (Å²) in [5, 5.41) is 8.96. The Morgan fingerprint density at radius 1 is 1.53 bits per heavy atom. The van der Waals surface area contributed by atoms with Crippen molar-refractivity contribution in [3.05, 3.63) is 42.0 Å². The standard InChI is InChI=1S/C11H13NO4S/c1-3-6-17(15,16)12-10-5-4-8(2)7-9(10)11(13)14/h3-5,7,12H,1,6H2,2H3,(H,13,14). The summed E-state index contributed by atoms with van der Waals surface area (Å²) in [5.74, 6) is -1.44. The van der Waals surface area contributed by atoms with E-state index in [2.05, 4.69) is 11.3 Å². The van der Waals surface area contributed by atoms with E-state index < -0.39 is 16.0 Å². The fourth-order valence-corrected chi connectivity index (χ4v) is 2.20. The molecule has 1 aromatic rings. The lowest BCUT2D eigenvalue weighted by Crippen LogP contribution is -2.17. The number of rotatable bonds is 5. The number of carboxylic acid groups (broad SMARTS) is 1. The highest BCUT2D eigenvalue weighted by molar-refractivity contribution is 7.92. The lowest BCUT2D eigenvalue weighted by atomic mass is 10.1. The molecule has 6 heteroatoms. The molecule has 0 amide bonds. The summed E-state index contributed by atoms with van der Waals surface area (Å²) in [4.78, 5) is 11.0. The first kappa shape index (κ1) is 13.2. The highest BCUT2D eigenvalue weighted by Gasteiger charge is 2.15.